The van der Waals surface area contributed by atoms with Gasteiger partial charge in [0.05, 0.1) is 5.69 Å². The van der Waals surface area contributed by atoms with Crippen molar-refractivity contribution in [2.45, 2.75) is 32.4 Å². The van der Waals surface area contributed by atoms with Crippen LogP contribution in [0.2, 0.25) is 0 Å². The number of hydrogen-bond donors (Lipinski definition) is 1. The Morgan fingerprint density at radius 2 is 2.25 bits per heavy atom. The molecule has 2 aromatic heterocycles. The van der Waals surface area contributed by atoms with E-state index in [1.165, 1.54) is 15.9 Å². The molecule has 1 unspecified atom stereocenters. The molecule has 7 heteroatoms. The fraction of sp³-hybridized carbons (Fsp3) is 0.615. The third-order valence-corrected chi connectivity index (χ3v) is 4.68. The zero-order valence-electron chi connectivity index (χ0n) is 11.5. The molecule has 0 aliphatic carbocycles. The van der Waals surface area contributed by atoms with Crippen molar-refractivity contribution in [3.8, 4) is 0 Å². The van der Waals surface area contributed by atoms with Crippen molar-refractivity contribution in [3.05, 3.63) is 27.6 Å². The van der Waals surface area contributed by atoms with Crippen LogP contribution in [0.1, 0.15) is 25.5 Å². The van der Waals surface area contributed by atoms with Crippen LogP contribution in [0.25, 0.3) is 4.96 Å². The van der Waals surface area contributed by atoms with Crippen LogP contribution >= 0.6 is 11.3 Å². The first-order valence-electron chi connectivity index (χ1n) is 6.94. The van der Waals surface area contributed by atoms with Gasteiger partial charge in [-0.1, -0.05) is 11.3 Å². The van der Waals surface area contributed by atoms with E-state index in [0.29, 0.717) is 10.9 Å². The molecule has 108 valence electrons. The number of nitrogens with zero attached hydrogens (tertiary/aromatic N) is 4. The van der Waals surface area contributed by atoms with Gasteiger partial charge in [0, 0.05) is 18.7 Å². The summed E-state index contributed by atoms with van der Waals surface area (Å²) >= 11 is 1.39. The molecule has 1 aliphatic rings. The van der Waals surface area contributed by atoms with Crippen LogP contribution in [0.4, 0.5) is 0 Å². The van der Waals surface area contributed by atoms with Crippen LogP contribution in [-0.2, 0) is 6.54 Å². The summed E-state index contributed by atoms with van der Waals surface area (Å²) in [5.74, 6) is 0.619. The fourth-order valence-electron chi connectivity index (χ4n) is 2.75. The van der Waals surface area contributed by atoms with E-state index in [9.17, 15) is 4.79 Å². The topological polar surface area (TPSA) is 76.5 Å². The number of hydrogen-bond acceptors (Lipinski definition) is 6. The third kappa shape index (κ3) is 2.74. The molecule has 0 amide bonds. The van der Waals surface area contributed by atoms with E-state index in [-0.39, 0.29) is 11.6 Å². The van der Waals surface area contributed by atoms with Crippen molar-refractivity contribution in [2.24, 2.45) is 11.7 Å². The van der Waals surface area contributed by atoms with Crippen molar-refractivity contribution in [1.29, 1.82) is 0 Å². The molecule has 1 aliphatic heterocycles. The Morgan fingerprint density at radius 3 is 2.95 bits per heavy atom. The number of nitrogens with two attached hydrogens (primary N) is 1. The van der Waals surface area contributed by atoms with Gasteiger partial charge in [0.1, 0.15) is 5.51 Å². The predicted octanol–water partition coefficient (Wildman–Crippen LogP) is 0.710. The SMILES string of the molecule is CC(N)C1CCN(Cc2cc(=O)n3ncsc3n2)CC1. The van der Waals surface area contributed by atoms with Crippen LogP contribution in [0.3, 0.4) is 0 Å². The maximum Gasteiger partial charge on any atom is 0.275 e. The second-order valence-electron chi connectivity index (χ2n) is 5.49. The minimum Gasteiger partial charge on any atom is -0.328 e. The zero-order valence-corrected chi connectivity index (χ0v) is 12.3. The quantitative estimate of drug-likeness (QED) is 0.902. The molecule has 0 bridgehead atoms. The Morgan fingerprint density at radius 1 is 1.50 bits per heavy atom. The molecule has 1 fully saturated rings. The third-order valence-electron chi connectivity index (χ3n) is 4.00. The summed E-state index contributed by atoms with van der Waals surface area (Å²) in [5.41, 5.74) is 8.33. The van der Waals surface area contributed by atoms with E-state index in [1.807, 2.05) is 0 Å². The summed E-state index contributed by atoms with van der Waals surface area (Å²) in [6.45, 7) is 4.86. The molecule has 1 saturated heterocycles. The Hall–Kier alpha value is -1.31. The fourth-order valence-corrected chi connectivity index (χ4v) is 3.39. The number of fused-ring (bicyclic) bond motifs is 1. The lowest BCUT2D eigenvalue weighted by Gasteiger charge is -2.33. The highest BCUT2D eigenvalue weighted by Gasteiger charge is 2.22. The van der Waals surface area contributed by atoms with Crippen molar-refractivity contribution in [3.63, 3.8) is 0 Å². The number of piperidine rings is 1. The molecule has 0 aromatic carbocycles. The van der Waals surface area contributed by atoms with E-state index in [2.05, 4.69) is 21.9 Å². The van der Waals surface area contributed by atoms with Gasteiger partial charge in [-0.25, -0.2) is 4.98 Å². The Labute approximate surface area is 121 Å². The van der Waals surface area contributed by atoms with Crippen LogP contribution in [0.15, 0.2) is 16.4 Å². The maximum absolute atomic E-state index is 11.9. The molecule has 0 saturated carbocycles. The Kier molecular flexibility index (Phi) is 3.82. The summed E-state index contributed by atoms with van der Waals surface area (Å²) in [4.78, 5) is 19.4. The number of aromatic nitrogens is 3. The standard InChI is InChI=1S/C13H19N5OS/c1-9(14)10-2-4-17(5-3-10)7-11-6-12(19)18-13(16-11)20-8-15-18/h6,8-10H,2-5,7,14H2,1H3. The summed E-state index contributed by atoms with van der Waals surface area (Å²) in [6.07, 6.45) is 2.25. The largest absolute Gasteiger partial charge is 0.328 e. The Bertz CT molecular complexity index is 641. The van der Waals surface area contributed by atoms with Gasteiger partial charge in [-0.3, -0.25) is 9.69 Å². The minimum atomic E-state index is -0.100. The molecule has 20 heavy (non-hydrogen) atoms. The molecule has 1 atom stereocenters. The van der Waals surface area contributed by atoms with E-state index in [0.717, 1.165) is 38.2 Å². The van der Waals surface area contributed by atoms with Gasteiger partial charge < -0.3 is 5.73 Å². The van der Waals surface area contributed by atoms with Gasteiger partial charge in [-0.15, -0.1) is 0 Å². The van der Waals surface area contributed by atoms with E-state index in [4.69, 9.17) is 5.73 Å². The molecular formula is C13H19N5OS. The van der Waals surface area contributed by atoms with E-state index in [1.54, 1.807) is 11.6 Å². The normalized spacial score (nSPS) is 19.5. The van der Waals surface area contributed by atoms with Crippen LogP contribution in [-0.4, -0.2) is 38.6 Å². The molecule has 6 nitrogen and oxygen atoms in total. The average Bonchev–Trinajstić information content (AvgIpc) is 2.88. The van der Waals surface area contributed by atoms with Gasteiger partial charge >= 0.3 is 0 Å². The monoisotopic (exact) mass is 293 g/mol. The Balaban J connectivity index is 1.70. The highest BCUT2D eigenvalue weighted by Crippen LogP contribution is 2.20. The van der Waals surface area contributed by atoms with Crippen LogP contribution in [0.5, 0.6) is 0 Å². The molecule has 3 rings (SSSR count). The lowest BCUT2D eigenvalue weighted by atomic mass is 9.91. The van der Waals surface area contributed by atoms with Crippen molar-refractivity contribution < 1.29 is 0 Å². The number of likely N-dealkylation sites (tertiary alicyclic amines) is 1. The van der Waals surface area contributed by atoms with E-state index >= 15 is 0 Å². The van der Waals surface area contributed by atoms with Gasteiger partial charge in [-0.2, -0.15) is 9.61 Å². The lowest BCUT2D eigenvalue weighted by molar-refractivity contribution is 0.164. The second kappa shape index (κ2) is 5.59. The van der Waals surface area contributed by atoms with Crippen LogP contribution < -0.4 is 11.3 Å². The molecule has 2 aromatic rings. The lowest BCUT2D eigenvalue weighted by Crippen LogP contribution is -2.39. The minimum absolute atomic E-state index is 0.100. The molecule has 2 N–H and O–H groups in total. The highest BCUT2D eigenvalue weighted by molar-refractivity contribution is 7.14. The highest BCUT2D eigenvalue weighted by atomic mass is 32.1. The van der Waals surface area contributed by atoms with Gasteiger partial charge in [0.2, 0.25) is 4.96 Å². The maximum atomic E-state index is 11.9. The van der Waals surface area contributed by atoms with Gasteiger partial charge in [0.15, 0.2) is 0 Å². The first-order valence-corrected chi connectivity index (χ1v) is 7.82. The summed E-state index contributed by atoms with van der Waals surface area (Å²) in [5, 5.41) is 3.97. The molecule has 3 heterocycles. The molecular weight excluding hydrogens is 274 g/mol. The first kappa shape index (κ1) is 13.7. The van der Waals surface area contributed by atoms with Gasteiger partial charge in [-0.05, 0) is 38.8 Å². The first-order chi connectivity index (χ1) is 9.63. The predicted molar refractivity (Wildman–Crippen MR) is 78.8 cm³/mol. The average molecular weight is 293 g/mol. The molecule has 0 radical (unpaired) electrons. The van der Waals surface area contributed by atoms with Gasteiger partial charge in [0.25, 0.3) is 5.56 Å². The summed E-state index contributed by atoms with van der Waals surface area (Å²) in [7, 11) is 0. The van der Waals surface area contributed by atoms with Crippen molar-refractivity contribution >= 4 is 16.3 Å². The van der Waals surface area contributed by atoms with E-state index < -0.39 is 0 Å². The summed E-state index contributed by atoms with van der Waals surface area (Å²) in [6, 6.07) is 1.86. The van der Waals surface area contributed by atoms with Crippen LogP contribution in [0, 0.1) is 5.92 Å². The zero-order chi connectivity index (χ0) is 14.1. The van der Waals surface area contributed by atoms with Crippen molar-refractivity contribution in [1.82, 2.24) is 19.5 Å². The van der Waals surface area contributed by atoms with Crippen molar-refractivity contribution in [2.75, 3.05) is 13.1 Å². The second-order valence-corrected chi connectivity index (χ2v) is 6.30. The summed E-state index contributed by atoms with van der Waals surface area (Å²) < 4.78 is 1.34. The molecule has 0 spiro atoms. The smallest absolute Gasteiger partial charge is 0.275 e. The number of rotatable bonds is 3.